The van der Waals surface area contributed by atoms with Crippen LogP contribution >= 0.6 is 0 Å². The maximum atomic E-state index is 3.95. The Labute approximate surface area is 88.5 Å². The largest absolute Gasteiger partial charge is 0.378 e. The lowest BCUT2D eigenvalue weighted by molar-refractivity contribution is 0.329. The van der Waals surface area contributed by atoms with Gasteiger partial charge in [0, 0.05) is 19.3 Å². The van der Waals surface area contributed by atoms with Crippen LogP contribution in [0.1, 0.15) is 40.0 Å². The fourth-order valence-corrected chi connectivity index (χ4v) is 2.16. The molecule has 0 spiro atoms. The molecule has 0 aromatic carbocycles. The maximum absolute atomic E-state index is 3.95. The number of allylic oxidation sites excluding steroid dienone is 3. The molecule has 0 aromatic heterocycles. The summed E-state index contributed by atoms with van der Waals surface area (Å²) in [5.74, 6) is 0. The Hall–Kier alpha value is -0.720. The van der Waals surface area contributed by atoms with Gasteiger partial charge >= 0.3 is 0 Å². The van der Waals surface area contributed by atoms with Crippen LogP contribution in [-0.2, 0) is 0 Å². The minimum Gasteiger partial charge on any atom is -0.378 e. The number of nitrogens with zero attached hydrogens (tertiary/aromatic N) is 1. The molecule has 1 aliphatic heterocycles. The molecule has 0 aliphatic carbocycles. The highest BCUT2D eigenvalue weighted by molar-refractivity contribution is 5.29. The first-order valence-electron chi connectivity index (χ1n) is 5.54. The maximum Gasteiger partial charge on any atom is 0.0171 e. The van der Waals surface area contributed by atoms with Crippen molar-refractivity contribution in [3.8, 4) is 0 Å². The number of hydrogen-bond acceptors (Lipinski definition) is 1. The van der Waals surface area contributed by atoms with Crippen molar-refractivity contribution in [3.63, 3.8) is 0 Å². The summed E-state index contributed by atoms with van der Waals surface area (Å²) in [5, 5.41) is 0. The van der Waals surface area contributed by atoms with E-state index in [4.69, 9.17) is 0 Å². The summed E-state index contributed by atoms with van der Waals surface area (Å²) in [6.45, 7) is 11.9. The van der Waals surface area contributed by atoms with E-state index >= 15 is 0 Å². The normalized spacial score (nSPS) is 22.1. The predicted octanol–water partition coefficient (Wildman–Crippen LogP) is 3.59. The second kappa shape index (κ2) is 4.20. The second-order valence-corrected chi connectivity index (χ2v) is 5.19. The van der Waals surface area contributed by atoms with Gasteiger partial charge in [-0.3, -0.25) is 0 Å². The lowest BCUT2D eigenvalue weighted by atomic mass is 9.83. The first kappa shape index (κ1) is 11.4. The van der Waals surface area contributed by atoms with Crippen molar-refractivity contribution in [2.45, 2.75) is 40.0 Å². The zero-order valence-electron chi connectivity index (χ0n) is 10.1. The third-order valence-corrected chi connectivity index (χ3v) is 2.94. The van der Waals surface area contributed by atoms with E-state index < -0.39 is 0 Å². The fraction of sp³-hybridized carbons (Fsp3) is 0.692. The monoisotopic (exact) mass is 193 g/mol. The topological polar surface area (TPSA) is 3.24 Å². The molecular formula is C13H23N. The van der Waals surface area contributed by atoms with Gasteiger partial charge in [-0.2, -0.15) is 0 Å². The Balaban J connectivity index is 3.02. The van der Waals surface area contributed by atoms with Crippen molar-refractivity contribution in [2.24, 2.45) is 5.41 Å². The third kappa shape index (κ3) is 2.40. The smallest absolute Gasteiger partial charge is 0.0171 e. The van der Waals surface area contributed by atoms with Crippen molar-refractivity contribution < 1.29 is 0 Å². The third-order valence-electron chi connectivity index (χ3n) is 2.94. The van der Waals surface area contributed by atoms with Crippen LogP contribution in [0, 0.1) is 5.41 Å². The first-order valence-corrected chi connectivity index (χ1v) is 5.54. The Kier molecular flexibility index (Phi) is 3.41. The fourth-order valence-electron chi connectivity index (χ4n) is 2.16. The van der Waals surface area contributed by atoms with E-state index in [1.165, 1.54) is 37.1 Å². The molecule has 1 fully saturated rings. The van der Waals surface area contributed by atoms with Gasteiger partial charge in [0.05, 0.1) is 0 Å². The van der Waals surface area contributed by atoms with Gasteiger partial charge in [-0.1, -0.05) is 33.4 Å². The van der Waals surface area contributed by atoms with E-state index in [0.717, 1.165) is 0 Å². The minimum atomic E-state index is 0.225. The molecule has 1 rings (SSSR count). The van der Waals surface area contributed by atoms with Crippen LogP contribution in [0.5, 0.6) is 0 Å². The summed E-state index contributed by atoms with van der Waals surface area (Å²) >= 11 is 0. The summed E-state index contributed by atoms with van der Waals surface area (Å²) in [6, 6.07) is 0. The number of rotatable bonds is 1. The summed E-state index contributed by atoms with van der Waals surface area (Å²) in [4.78, 5) is 2.39. The van der Waals surface area contributed by atoms with Crippen LogP contribution in [0.3, 0.4) is 0 Å². The van der Waals surface area contributed by atoms with E-state index in [0.29, 0.717) is 0 Å². The van der Waals surface area contributed by atoms with Crippen molar-refractivity contribution in [3.05, 3.63) is 23.9 Å². The van der Waals surface area contributed by atoms with E-state index in [1.807, 2.05) is 6.08 Å². The summed E-state index contributed by atoms with van der Waals surface area (Å²) in [6.07, 6.45) is 5.91. The number of likely N-dealkylation sites (tertiary alicyclic amines) is 1. The van der Waals surface area contributed by atoms with Gasteiger partial charge in [0.25, 0.3) is 0 Å². The minimum absolute atomic E-state index is 0.225. The molecule has 14 heavy (non-hydrogen) atoms. The number of piperidine rings is 1. The molecule has 1 aliphatic rings. The molecule has 1 heteroatoms. The van der Waals surface area contributed by atoms with Gasteiger partial charge in [0.2, 0.25) is 0 Å². The highest BCUT2D eigenvalue weighted by Gasteiger charge is 2.22. The zero-order valence-corrected chi connectivity index (χ0v) is 10.1. The van der Waals surface area contributed by atoms with Gasteiger partial charge in [0.15, 0.2) is 0 Å². The van der Waals surface area contributed by atoms with Crippen molar-refractivity contribution in [1.82, 2.24) is 4.90 Å². The summed E-state index contributed by atoms with van der Waals surface area (Å²) in [7, 11) is 2.20. The Morgan fingerprint density at radius 2 is 2.00 bits per heavy atom. The SMILES string of the molecule is C=C/C(=C1/CCCCN1C)C(C)(C)C. The average molecular weight is 193 g/mol. The summed E-state index contributed by atoms with van der Waals surface area (Å²) < 4.78 is 0. The van der Waals surface area contributed by atoms with Crippen molar-refractivity contribution in [1.29, 1.82) is 0 Å². The molecule has 1 saturated heterocycles. The zero-order chi connectivity index (χ0) is 10.8. The van der Waals surface area contributed by atoms with Crippen LogP contribution in [-0.4, -0.2) is 18.5 Å². The molecule has 0 N–H and O–H groups in total. The highest BCUT2D eigenvalue weighted by atomic mass is 15.1. The molecule has 0 aromatic rings. The van der Waals surface area contributed by atoms with Gasteiger partial charge in [-0.15, -0.1) is 0 Å². The van der Waals surface area contributed by atoms with Crippen LogP contribution in [0.25, 0.3) is 0 Å². The van der Waals surface area contributed by atoms with Gasteiger partial charge < -0.3 is 4.90 Å². The second-order valence-electron chi connectivity index (χ2n) is 5.19. The van der Waals surface area contributed by atoms with Gasteiger partial charge in [-0.25, -0.2) is 0 Å². The molecule has 80 valence electrons. The first-order chi connectivity index (χ1) is 6.46. The molecule has 0 atom stereocenters. The molecule has 0 unspecified atom stereocenters. The van der Waals surface area contributed by atoms with E-state index in [-0.39, 0.29) is 5.41 Å². The molecule has 1 heterocycles. The van der Waals surface area contributed by atoms with E-state index in [2.05, 4.69) is 39.3 Å². The predicted molar refractivity (Wildman–Crippen MR) is 63.2 cm³/mol. The standard InChI is InChI=1S/C13H23N/c1-6-11(13(2,3)4)12-9-7-8-10-14(12)5/h6H,1,7-10H2,2-5H3/b12-11+. The van der Waals surface area contributed by atoms with Crippen molar-refractivity contribution in [2.75, 3.05) is 13.6 Å². The van der Waals surface area contributed by atoms with Crippen LogP contribution in [0.2, 0.25) is 0 Å². The van der Waals surface area contributed by atoms with Crippen LogP contribution < -0.4 is 0 Å². The molecule has 0 radical (unpaired) electrons. The lowest BCUT2D eigenvalue weighted by Gasteiger charge is -2.34. The van der Waals surface area contributed by atoms with Crippen LogP contribution in [0.15, 0.2) is 23.9 Å². The Bertz CT molecular complexity index is 242. The lowest BCUT2D eigenvalue weighted by Crippen LogP contribution is -2.27. The molecular weight excluding hydrogens is 170 g/mol. The summed E-state index contributed by atoms with van der Waals surface area (Å²) in [5.41, 5.74) is 3.14. The molecule has 0 amide bonds. The van der Waals surface area contributed by atoms with Gasteiger partial charge in [-0.05, 0) is 30.3 Å². The van der Waals surface area contributed by atoms with Crippen molar-refractivity contribution >= 4 is 0 Å². The van der Waals surface area contributed by atoms with E-state index in [9.17, 15) is 0 Å². The quantitative estimate of drug-likeness (QED) is 0.615. The number of hydrogen-bond donors (Lipinski definition) is 0. The van der Waals surface area contributed by atoms with Crippen LogP contribution in [0.4, 0.5) is 0 Å². The molecule has 0 saturated carbocycles. The average Bonchev–Trinajstić information content (AvgIpc) is 2.07. The van der Waals surface area contributed by atoms with E-state index in [1.54, 1.807) is 0 Å². The Morgan fingerprint density at radius 3 is 2.43 bits per heavy atom. The Morgan fingerprint density at radius 1 is 1.36 bits per heavy atom. The molecule has 1 nitrogen and oxygen atoms in total. The van der Waals surface area contributed by atoms with Gasteiger partial charge in [0.1, 0.15) is 0 Å². The molecule has 0 bridgehead atoms. The highest BCUT2D eigenvalue weighted by Crippen LogP contribution is 2.33.